The summed E-state index contributed by atoms with van der Waals surface area (Å²) < 4.78 is 5.34. The molecule has 0 saturated carbocycles. The van der Waals surface area contributed by atoms with Gasteiger partial charge in [-0.1, -0.05) is 0 Å². The normalized spacial score (nSPS) is 10.8. The largest absolute Gasteiger partial charge is 0.378 e. The third-order valence-electron chi connectivity index (χ3n) is 2.04. The van der Waals surface area contributed by atoms with Crippen LogP contribution in [0.5, 0.6) is 0 Å². The molecule has 5 heteroatoms. The second kappa shape index (κ2) is 11.2. The van der Waals surface area contributed by atoms with Crippen LogP contribution in [0.1, 0.15) is 19.3 Å². The third-order valence-corrected chi connectivity index (χ3v) is 2.31. The molecule has 0 aliphatic carbocycles. The van der Waals surface area contributed by atoms with Crippen molar-refractivity contribution in [3.63, 3.8) is 0 Å². The molecule has 0 unspecified atom stereocenters. The molecule has 0 aliphatic heterocycles. The van der Waals surface area contributed by atoms with Gasteiger partial charge in [0.25, 0.3) is 0 Å². The quantitative estimate of drug-likeness (QED) is 0.466. The molecule has 0 aliphatic rings. The lowest BCUT2D eigenvalue weighted by atomic mass is 10.2. The summed E-state index contributed by atoms with van der Waals surface area (Å²) in [5.41, 5.74) is 0. The molecular formula is C11H23ClN2O2. The molecule has 0 aromatic rings. The first-order valence-corrected chi connectivity index (χ1v) is 6.25. The Kier molecular flexibility index (Phi) is 11.0. The van der Waals surface area contributed by atoms with Crippen molar-refractivity contribution in [1.82, 2.24) is 10.2 Å². The van der Waals surface area contributed by atoms with Crippen LogP contribution in [0.2, 0.25) is 0 Å². The van der Waals surface area contributed by atoms with Crippen molar-refractivity contribution in [3.05, 3.63) is 0 Å². The summed E-state index contributed by atoms with van der Waals surface area (Å²) in [5, 5.41) is 2.81. The van der Waals surface area contributed by atoms with Gasteiger partial charge in [0.15, 0.2) is 0 Å². The second-order valence-electron chi connectivity index (χ2n) is 3.91. The zero-order valence-corrected chi connectivity index (χ0v) is 11.1. The first-order valence-electron chi connectivity index (χ1n) is 5.72. The van der Waals surface area contributed by atoms with Crippen molar-refractivity contribution in [2.45, 2.75) is 19.3 Å². The van der Waals surface area contributed by atoms with Gasteiger partial charge in [-0.05, 0) is 26.9 Å². The number of halogens is 1. The molecule has 16 heavy (non-hydrogen) atoms. The molecular weight excluding hydrogens is 228 g/mol. The molecule has 0 fully saturated rings. The van der Waals surface area contributed by atoms with E-state index in [4.69, 9.17) is 16.3 Å². The van der Waals surface area contributed by atoms with Crippen LogP contribution in [0, 0.1) is 0 Å². The highest BCUT2D eigenvalue weighted by Crippen LogP contribution is 1.96. The number of alkyl halides is 1. The molecule has 0 spiro atoms. The SMILES string of the molecule is CN(C)CCOCCNC(=O)CCCCCl. The van der Waals surface area contributed by atoms with Crippen molar-refractivity contribution in [1.29, 1.82) is 0 Å². The number of unbranched alkanes of at least 4 members (excludes halogenated alkanes) is 1. The number of nitrogens with zero attached hydrogens (tertiary/aromatic N) is 1. The molecule has 1 amide bonds. The molecule has 0 heterocycles. The maximum Gasteiger partial charge on any atom is 0.220 e. The number of ether oxygens (including phenoxy) is 1. The van der Waals surface area contributed by atoms with E-state index >= 15 is 0 Å². The molecule has 0 radical (unpaired) electrons. The maximum atomic E-state index is 11.2. The predicted octanol–water partition coefficient (Wildman–Crippen LogP) is 1.09. The summed E-state index contributed by atoms with van der Waals surface area (Å²) in [6.45, 7) is 2.78. The number of likely N-dealkylation sites (N-methyl/N-ethyl adjacent to an activating group) is 1. The number of nitrogens with one attached hydrogen (secondary N) is 1. The summed E-state index contributed by atoms with van der Waals surface area (Å²) in [4.78, 5) is 13.3. The topological polar surface area (TPSA) is 41.6 Å². The Hall–Kier alpha value is -0.320. The van der Waals surface area contributed by atoms with Crippen LogP contribution in [0.3, 0.4) is 0 Å². The summed E-state index contributed by atoms with van der Waals surface area (Å²) in [7, 11) is 4.00. The number of carbonyl (C=O) groups is 1. The molecule has 0 rings (SSSR count). The van der Waals surface area contributed by atoms with Crippen LogP contribution in [0.15, 0.2) is 0 Å². The van der Waals surface area contributed by atoms with E-state index in [2.05, 4.69) is 10.2 Å². The molecule has 0 atom stereocenters. The Bertz CT molecular complexity index is 177. The van der Waals surface area contributed by atoms with Crippen LogP contribution in [0.25, 0.3) is 0 Å². The average molecular weight is 251 g/mol. The first kappa shape index (κ1) is 15.7. The fourth-order valence-electron chi connectivity index (χ4n) is 1.08. The van der Waals surface area contributed by atoms with E-state index in [0.29, 0.717) is 32.1 Å². The van der Waals surface area contributed by atoms with Crippen molar-refractivity contribution < 1.29 is 9.53 Å². The Morgan fingerprint density at radius 2 is 2.06 bits per heavy atom. The lowest BCUT2D eigenvalue weighted by Gasteiger charge is -2.10. The fraction of sp³-hybridized carbons (Fsp3) is 0.909. The van der Waals surface area contributed by atoms with Crippen molar-refractivity contribution in [2.24, 2.45) is 0 Å². The molecule has 96 valence electrons. The smallest absolute Gasteiger partial charge is 0.220 e. The molecule has 1 N–H and O–H groups in total. The van der Waals surface area contributed by atoms with E-state index in [-0.39, 0.29) is 5.91 Å². The Balaban J connectivity index is 3.15. The zero-order valence-electron chi connectivity index (χ0n) is 10.3. The molecule has 0 bridgehead atoms. The minimum Gasteiger partial charge on any atom is -0.378 e. The summed E-state index contributed by atoms with van der Waals surface area (Å²) in [6, 6.07) is 0. The van der Waals surface area contributed by atoms with Gasteiger partial charge in [-0.3, -0.25) is 4.79 Å². The van der Waals surface area contributed by atoms with Gasteiger partial charge in [0, 0.05) is 25.4 Å². The minimum absolute atomic E-state index is 0.0846. The van der Waals surface area contributed by atoms with Crippen LogP contribution >= 0.6 is 11.6 Å². The van der Waals surface area contributed by atoms with Gasteiger partial charge in [-0.25, -0.2) is 0 Å². The standard InChI is InChI=1S/C11H23ClN2O2/c1-14(2)8-10-16-9-7-13-11(15)5-3-4-6-12/h3-10H2,1-2H3,(H,13,15). The lowest BCUT2D eigenvalue weighted by molar-refractivity contribution is -0.121. The van der Waals surface area contributed by atoms with E-state index in [0.717, 1.165) is 19.4 Å². The van der Waals surface area contributed by atoms with Gasteiger partial charge in [0.1, 0.15) is 0 Å². The highest BCUT2D eigenvalue weighted by Gasteiger charge is 1.99. The van der Waals surface area contributed by atoms with Crippen molar-refractivity contribution in [3.8, 4) is 0 Å². The van der Waals surface area contributed by atoms with Crippen LogP contribution in [0.4, 0.5) is 0 Å². The van der Waals surface area contributed by atoms with Gasteiger partial charge in [0.2, 0.25) is 5.91 Å². The Labute approximate surface area is 103 Å². The van der Waals surface area contributed by atoms with Crippen LogP contribution < -0.4 is 5.32 Å². The first-order chi connectivity index (χ1) is 7.66. The summed E-state index contributed by atoms with van der Waals surface area (Å²) in [6.07, 6.45) is 2.32. The number of hydrogen-bond acceptors (Lipinski definition) is 3. The van der Waals surface area contributed by atoms with Crippen molar-refractivity contribution >= 4 is 17.5 Å². The minimum atomic E-state index is 0.0846. The van der Waals surface area contributed by atoms with Crippen LogP contribution in [-0.2, 0) is 9.53 Å². The van der Waals surface area contributed by atoms with Gasteiger partial charge < -0.3 is 15.0 Å². The number of hydrogen-bond donors (Lipinski definition) is 1. The monoisotopic (exact) mass is 250 g/mol. The fourth-order valence-corrected chi connectivity index (χ4v) is 1.27. The van der Waals surface area contributed by atoms with Gasteiger partial charge in [0.05, 0.1) is 13.2 Å². The van der Waals surface area contributed by atoms with Gasteiger partial charge >= 0.3 is 0 Å². The average Bonchev–Trinajstić information content (AvgIpc) is 2.23. The lowest BCUT2D eigenvalue weighted by Crippen LogP contribution is -2.28. The van der Waals surface area contributed by atoms with E-state index in [1.165, 1.54) is 0 Å². The number of carbonyl (C=O) groups excluding carboxylic acids is 1. The second-order valence-corrected chi connectivity index (χ2v) is 4.29. The van der Waals surface area contributed by atoms with Crippen molar-refractivity contribution in [2.75, 3.05) is 46.3 Å². The number of amides is 1. The molecule has 4 nitrogen and oxygen atoms in total. The maximum absolute atomic E-state index is 11.2. The van der Waals surface area contributed by atoms with Gasteiger partial charge in [-0.2, -0.15) is 0 Å². The van der Waals surface area contributed by atoms with E-state index < -0.39 is 0 Å². The van der Waals surface area contributed by atoms with E-state index in [1.54, 1.807) is 0 Å². The molecule has 0 aromatic carbocycles. The highest BCUT2D eigenvalue weighted by molar-refractivity contribution is 6.17. The summed E-state index contributed by atoms with van der Waals surface area (Å²) >= 11 is 5.52. The van der Waals surface area contributed by atoms with Gasteiger partial charge in [-0.15, -0.1) is 11.6 Å². The number of rotatable bonds is 10. The predicted molar refractivity (Wildman–Crippen MR) is 67.0 cm³/mol. The highest BCUT2D eigenvalue weighted by atomic mass is 35.5. The molecule has 0 saturated heterocycles. The molecule has 0 aromatic heterocycles. The van der Waals surface area contributed by atoms with E-state index in [9.17, 15) is 4.79 Å². The summed E-state index contributed by atoms with van der Waals surface area (Å²) in [5.74, 6) is 0.710. The van der Waals surface area contributed by atoms with Crippen LogP contribution in [-0.4, -0.2) is 57.1 Å². The Morgan fingerprint density at radius 1 is 1.31 bits per heavy atom. The Morgan fingerprint density at radius 3 is 2.69 bits per heavy atom. The van der Waals surface area contributed by atoms with E-state index in [1.807, 2.05) is 14.1 Å². The zero-order chi connectivity index (χ0) is 12.2. The third kappa shape index (κ3) is 11.8.